The smallest absolute Gasteiger partial charge is 0.255 e. The van der Waals surface area contributed by atoms with Crippen molar-refractivity contribution in [2.45, 2.75) is 6.29 Å². The lowest BCUT2D eigenvalue weighted by molar-refractivity contribution is -0.0974. The van der Waals surface area contributed by atoms with Gasteiger partial charge in [-0.15, -0.1) is 0 Å². The molecule has 1 aromatic rings. The number of pyridine rings is 1. The molecule has 0 aliphatic heterocycles. The maximum absolute atomic E-state index is 11.8. The maximum Gasteiger partial charge on any atom is 0.255 e. The number of hydrogen-bond donors (Lipinski definition) is 1. The van der Waals surface area contributed by atoms with Gasteiger partial charge in [0.25, 0.3) is 5.91 Å². The van der Waals surface area contributed by atoms with Crippen molar-refractivity contribution in [2.75, 3.05) is 27.9 Å². The van der Waals surface area contributed by atoms with Gasteiger partial charge in [-0.05, 0) is 6.07 Å². The molecule has 0 aromatic carbocycles. The predicted molar refractivity (Wildman–Crippen MR) is 60.9 cm³/mol. The molecule has 0 atom stereocenters. The van der Waals surface area contributed by atoms with Gasteiger partial charge in [0.1, 0.15) is 5.75 Å². The van der Waals surface area contributed by atoms with E-state index in [1.165, 1.54) is 33.7 Å². The van der Waals surface area contributed by atoms with E-state index in [-0.39, 0.29) is 12.5 Å². The zero-order valence-electron chi connectivity index (χ0n) is 10.1. The van der Waals surface area contributed by atoms with Crippen LogP contribution in [0.15, 0.2) is 18.5 Å². The number of methoxy groups -OCH3 is 3. The lowest BCUT2D eigenvalue weighted by atomic mass is 10.2. The van der Waals surface area contributed by atoms with Gasteiger partial charge in [0, 0.05) is 20.4 Å². The van der Waals surface area contributed by atoms with Gasteiger partial charge in [0.05, 0.1) is 25.4 Å². The van der Waals surface area contributed by atoms with E-state index in [9.17, 15) is 4.79 Å². The van der Waals surface area contributed by atoms with E-state index in [2.05, 4.69) is 10.3 Å². The van der Waals surface area contributed by atoms with Crippen LogP contribution in [0.4, 0.5) is 0 Å². The lowest BCUT2D eigenvalue weighted by Crippen LogP contribution is -2.34. The molecular formula is C11H16N2O4. The van der Waals surface area contributed by atoms with Crippen LogP contribution in [-0.2, 0) is 9.47 Å². The zero-order valence-corrected chi connectivity index (χ0v) is 10.1. The molecule has 0 radical (unpaired) electrons. The van der Waals surface area contributed by atoms with Crippen LogP contribution in [0.2, 0.25) is 0 Å². The highest BCUT2D eigenvalue weighted by Gasteiger charge is 2.13. The number of nitrogens with zero attached hydrogens (tertiary/aromatic N) is 1. The fourth-order valence-electron chi connectivity index (χ4n) is 1.26. The van der Waals surface area contributed by atoms with Gasteiger partial charge in [0.15, 0.2) is 6.29 Å². The summed E-state index contributed by atoms with van der Waals surface area (Å²) < 4.78 is 15.0. The van der Waals surface area contributed by atoms with Crippen LogP contribution in [0.3, 0.4) is 0 Å². The summed E-state index contributed by atoms with van der Waals surface area (Å²) in [5, 5.41) is 2.68. The van der Waals surface area contributed by atoms with Crippen molar-refractivity contribution in [1.82, 2.24) is 10.3 Å². The van der Waals surface area contributed by atoms with Gasteiger partial charge in [-0.2, -0.15) is 0 Å². The Morgan fingerprint density at radius 2 is 2.12 bits per heavy atom. The van der Waals surface area contributed by atoms with E-state index < -0.39 is 6.29 Å². The molecule has 1 rings (SSSR count). The summed E-state index contributed by atoms with van der Waals surface area (Å²) in [7, 11) is 4.50. The first-order valence-electron chi connectivity index (χ1n) is 5.04. The minimum atomic E-state index is -0.466. The van der Waals surface area contributed by atoms with Crippen molar-refractivity contribution in [3.63, 3.8) is 0 Å². The number of carbonyl (C=O) groups excluding carboxylic acids is 1. The molecule has 0 aliphatic carbocycles. The Kier molecular flexibility index (Phi) is 5.38. The average molecular weight is 240 g/mol. The molecule has 17 heavy (non-hydrogen) atoms. The third-order valence-corrected chi connectivity index (χ3v) is 2.20. The number of amides is 1. The summed E-state index contributed by atoms with van der Waals surface area (Å²) in [4.78, 5) is 15.7. The Labute approximate surface area is 99.9 Å². The number of rotatable bonds is 6. The first-order chi connectivity index (χ1) is 8.22. The van der Waals surface area contributed by atoms with Crippen LogP contribution in [0.1, 0.15) is 10.4 Å². The molecule has 0 spiro atoms. The third-order valence-electron chi connectivity index (χ3n) is 2.20. The maximum atomic E-state index is 11.8. The van der Waals surface area contributed by atoms with Gasteiger partial charge in [-0.3, -0.25) is 9.78 Å². The quantitative estimate of drug-likeness (QED) is 0.731. The fraction of sp³-hybridized carbons (Fsp3) is 0.455. The molecule has 6 heteroatoms. The normalized spacial score (nSPS) is 10.4. The van der Waals surface area contributed by atoms with Gasteiger partial charge >= 0.3 is 0 Å². The molecule has 0 saturated carbocycles. The summed E-state index contributed by atoms with van der Waals surface area (Å²) in [5.74, 6) is 0.166. The molecule has 0 fully saturated rings. The molecule has 0 saturated heterocycles. The van der Waals surface area contributed by atoms with Gasteiger partial charge in [-0.25, -0.2) is 0 Å². The minimum absolute atomic E-state index is 0.261. The van der Waals surface area contributed by atoms with E-state index in [4.69, 9.17) is 14.2 Å². The molecule has 1 N–H and O–H groups in total. The highest BCUT2D eigenvalue weighted by atomic mass is 16.7. The third kappa shape index (κ3) is 3.69. The first kappa shape index (κ1) is 13.4. The van der Waals surface area contributed by atoms with Gasteiger partial charge in [-0.1, -0.05) is 0 Å². The highest BCUT2D eigenvalue weighted by molar-refractivity contribution is 5.96. The number of carbonyl (C=O) groups is 1. The lowest BCUT2D eigenvalue weighted by Gasteiger charge is -2.14. The van der Waals surface area contributed by atoms with Crippen LogP contribution >= 0.6 is 0 Å². The summed E-state index contributed by atoms with van der Waals surface area (Å²) in [6, 6.07) is 1.59. The van der Waals surface area contributed by atoms with Crippen LogP contribution in [0.25, 0.3) is 0 Å². The summed E-state index contributed by atoms with van der Waals surface area (Å²) in [6.45, 7) is 0.261. The summed E-state index contributed by atoms with van der Waals surface area (Å²) >= 11 is 0. The largest absolute Gasteiger partial charge is 0.494 e. The molecule has 0 aliphatic rings. The van der Waals surface area contributed by atoms with Crippen molar-refractivity contribution in [2.24, 2.45) is 0 Å². The molecule has 1 heterocycles. The molecule has 0 unspecified atom stereocenters. The second kappa shape index (κ2) is 6.82. The monoisotopic (exact) mass is 240 g/mol. The topological polar surface area (TPSA) is 69.7 Å². The average Bonchev–Trinajstić information content (AvgIpc) is 2.39. The number of nitrogens with one attached hydrogen (secondary N) is 1. The summed E-state index contributed by atoms with van der Waals surface area (Å²) in [5.41, 5.74) is 0.424. The van der Waals surface area contributed by atoms with Crippen LogP contribution in [0, 0.1) is 0 Å². The summed E-state index contributed by atoms with van der Waals surface area (Å²) in [6.07, 6.45) is 2.55. The SMILES string of the molecule is COc1cnccc1C(=O)NCC(OC)OC. The first-order valence-corrected chi connectivity index (χ1v) is 5.04. The molecule has 1 amide bonds. The van der Waals surface area contributed by atoms with Gasteiger partial charge < -0.3 is 19.5 Å². The predicted octanol–water partition coefficient (Wildman–Crippen LogP) is 0.439. The Hall–Kier alpha value is -1.66. The Morgan fingerprint density at radius 3 is 2.71 bits per heavy atom. The van der Waals surface area contributed by atoms with Crippen LogP contribution < -0.4 is 10.1 Å². The Bertz CT molecular complexity index is 366. The van der Waals surface area contributed by atoms with Crippen molar-refractivity contribution < 1.29 is 19.0 Å². The molecule has 6 nitrogen and oxygen atoms in total. The molecule has 0 bridgehead atoms. The second-order valence-corrected chi connectivity index (χ2v) is 3.19. The number of aromatic nitrogens is 1. The molecule has 1 aromatic heterocycles. The van der Waals surface area contributed by atoms with Crippen molar-refractivity contribution in [3.8, 4) is 5.75 Å². The van der Waals surface area contributed by atoms with E-state index in [0.717, 1.165) is 0 Å². The molecule has 94 valence electrons. The van der Waals surface area contributed by atoms with E-state index in [1.807, 2.05) is 0 Å². The van der Waals surface area contributed by atoms with Crippen LogP contribution in [-0.4, -0.2) is 45.1 Å². The van der Waals surface area contributed by atoms with Crippen molar-refractivity contribution in [3.05, 3.63) is 24.0 Å². The molecular weight excluding hydrogens is 224 g/mol. The number of ether oxygens (including phenoxy) is 3. The van der Waals surface area contributed by atoms with E-state index in [1.54, 1.807) is 6.07 Å². The van der Waals surface area contributed by atoms with E-state index in [0.29, 0.717) is 11.3 Å². The van der Waals surface area contributed by atoms with Gasteiger partial charge in [0.2, 0.25) is 0 Å². The zero-order chi connectivity index (χ0) is 12.7. The second-order valence-electron chi connectivity index (χ2n) is 3.19. The van der Waals surface area contributed by atoms with E-state index >= 15 is 0 Å². The number of hydrogen-bond acceptors (Lipinski definition) is 5. The highest BCUT2D eigenvalue weighted by Crippen LogP contribution is 2.15. The minimum Gasteiger partial charge on any atom is -0.494 e. The van der Waals surface area contributed by atoms with Crippen molar-refractivity contribution >= 4 is 5.91 Å². The standard InChI is InChI=1S/C11H16N2O4/c1-15-9-6-12-5-4-8(9)11(14)13-7-10(16-2)17-3/h4-6,10H,7H2,1-3H3,(H,13,14). The Balaban J connectivity index is 2.63. The van der Waals surface area contributed by atoms with Crippen LogP contribution in [0.5, 0.6) is 5.75 Å². The Morgan fingerprint density at radius 1 is 1.41 bits per heavy atom. The fourth-order valence-corrected chi connectivity index (χ4v) is 1.26. The van der Waals surface area contributed by atoms with Crippen molar-refractivity contribution in [1.29, 1.82) is 0 Å².